The van der Waals surface area contributed by atoms with Crippen LogP contribution in [0.15, 0.2) is 78.9 Å². The van der Waals surface area contributed by atoms with Gasteiger partial charge in [-0.3, -0.25) is 19.8 Å². The van der Waals surface area contributed by atoms with Crippen molar-refractivity contribution in [2.24, 2.45) is 0 Å². The molecule has 0 N–H and O–H groups in total. The molecule has 6 nitrogen and oxygen atoms in total. The van der Waals surface area contributed by atoms with Gasteiger partial charge in [0.25, 0.3) is 11.6 Å². The van der Waals surface area contributed by atoms with E-state index in [9.17, 15) is 14.9 Å². The molecule has 0 radical (unpaired) electrons. The fourth-order valence-corrected chi connectivity index (χ4v) is 3.36. The lowest BCUT2D eigenvalue weighted by Crippen LogP contribution is -2.61. The number of β-lactam (4-membered cyclic amide) rings is 1. The number of nitro benzene ring substituents is 1. The number of aryl methyl sites for hydroxylation is 1. The minimum atomic E-state index is -0.745. The van der Waals surface area contributed by atoms with Gasteiger partial charge in [-0.2, -0.15) is 0 Å². The number of para-hydroxylation sites is 1. The number of carbonyl (C=O) groups excluding carboxylic acids is 1. The van der Waals surface area contributed by atoms with Crippen LogP contribution in [0.2, 0.25) is 0 Å². The maximum atomic E-state index is 12.9. The van der Waals surface area contributed by atoms with E-state index >= 15 is 0 Å². The molecule has 0 saturated carbocycles. The average molecular weight is 374 g/mol. The normalized spacial score (nSPS) is 18.5. The highest BCUT2D eigenvalue weighted by Gasteiger charge is 2.51. The van der Waals surface area contributed by atoms with Crippen LogP contribution < -0.4 is 9.64 Å². The quantitative estimate of drug-likeness (QED) is 0.376. The number of nitro groups is 1. The van der Waals surface area contributed by atoms with Crippen molar-refractivity contribution < 1.29 is 14.5 Å². The fourth-order valence-electron chi connectivity index (χ4n) is 3.36. The third-order valence-electron chi connectivity index (χ3n) is 4.79. The zero-order valence-electron chi connectivity index (χ0n) is 15.2. The molecule has 3 aromatic carbocycles. The van der Waals surface area contributed by atoms with Crippen molar-refractivity contribution in [3.63, 3.8) is 0 Å². The van der Waals surface area contributed by atoms with Crippen LogP contribution in [0.25, 0.3) is 0 Å². The number of hydrogen-bond acceptors (Lipinski definition) is 4. The highest BCUT2D eigenvalue weighted by molar-refractivity contribution is 6.05. The summed E-state index contributed by atoms with van der Waals surface area (Å²) in [5.74, 6) is 0.407. The number of rotatable bonds is 5. The van der Waals surface area contributed by atoms with Crippen molar-refractivity contribution >= 4 is 17.3 Å². The molecule has 0 aliphatic carbocycles. The summed E-state index contributed by atoms with van der Waals surface area (Å²) in [4.78, 5) is 25.3. The SMILES string of the molecule is Cc1ccc(N2C(=O)C(Oc3ccccc3)C2c2cccc([N+](=O)[O-])c2)cc1. The lowest BCUT2D eigenvalue weighted by Gasteiger charge is -2.46. The molecular formula is C22H18N2O4. The van der Waals surface area contributed by atoms with Gasteiger partial charge in [-0.25, -0.2) is 0 Å². The second-order valence-electron chi connectivity index (χ2n) is 6.69. The Balaban J connectivity index is 1.72. The first kappa shape index (κ1) is 17.7. The van der Waals surface area contributed by atoms with Crippen molar-refractivity contribution in [2.75, 3.05) is 4.90 Å². The van der Waals surface area contributed by atoms with Gasteiger partial charge in [0.1, 0.15) is 11.8 Å². The van der Waals surface area contributed by atoms with Gasteiger partial charge in [-0.05, 0) is 36.8 Å². The van der Waals surface area contributed by atoms with E-state index in [2.05, 4.69) is 0 Å². The summed E-state index contributed by atoms with van der Waals surface area (Å²) in [5.41, 5.74) is 2.47. The number of hydrogen-bond donors (Lipinski definition) is 0. The van der Waals surface area contributed by atoms with Gasteiger partial charge >= 0.3 is 0 Å². The number of nitrogens with zero attached hydrogens (tertiary/aromatic N) is 2. The number of amides is 1. The Hall–Kier alpha value is -3.67. The molecule has 6 heteroatoms. The van der Waals surface area contributed by atoms with E-state index in [1.165, 1.54) is 12.1 Å². The maximum Gasteiger partial charge on any atom is 0.271 e. The minimum absolute atomic E-state index is 0.0147. The van der Waals surface area contributed by atoms with E-state index < -0.39 is 17.1 Å². The highest BCUT2D eigenvalue weighted by atomic mass is 16.6. The van der Waals surface area contributed by atoms with Crippen LogP contribution in [0, 0.1) is 17.0 Å². The monoisotopic (exact) mass is 374 g/mol. The minimum Gasteiger partial charge on any atom is -0.478 e. The topological polar surface area (TPSA) is 72.7 Å². The second kappa shape index (κ2) is 7.15. The Morgan fingerprint density at radius 2 is 1.68 bits per heavy atom. The molecule has 2 atom stereocenters. The molecule has 1 aliphatic rings. The van der Waals surface area contributed by atoms with Gasteiger partial charge in [0.15, 0.2) is 0 Å². The maximum absolute atomic E-state index is 12.9. The van der Waals surface area contributed by atoms with Crippen LogP contribution in [-0.4, -0.2) is 16.9 Å². The van der Waals surface area contributed by atoms with E-state index in [4.69, 9.17) is 4.74 Å². The molecule has 2 unspecified atom stereocenters. The number of carbonyl (C=O) groups is 1. The summed E-state index contributed by atoms with van der Waals surface area (Å²) in [5, 5.41) is 11.2. The Kier molecular flexibility index (Phi) is 4.53. The Labute approximate surface area is 162 Å². The molecule has 0 bridgehead atoms. The predicted molar refractivity (Wildman–Crippen MR) is 105 cm³/mol. The van der Waals surface area contributed by atoms with E-state index in [1.807, 2.05) is 49.4 Å². The molecule has 3 aromatic rings. The van der Waals surface area contributed by atoms with Crippen molar-refractivity contribution in [1.29, 1.82) is 0 Å². The summed E-state index contributed by atoms with van der Waals surface area (Å²) in [6.07, 6.45) is -0.745. The molecule has 1 amide bonds. The van der Waals surface area contributed by atoms with E-state index in [0.717, 1.165) is 11.3 Å². The molecule has 0 aromatic heterocycles. The lowest BCUT2D eigenvalue weighted by molar-refractivity contribution is -0.384. The number of non-ortho nitro benzene ring substituents is 1. The van der Waals surface area contributed by atoms with Crippen LogP contribution in [-0.2, 0) is 4.79 Å². The predicted octanol–water partition coefficient (Wildman–Crippen LogP) is 4.44. The first-order valence-electron chi connectivity index (χ1n) is 8.90. The van der Waals surface area contributed by atoms with Crippen molar-refractivity contribution in [3.8, 4) is 5.75 Å². The van der Waals surface area contributed by atoms with Crippen molar-refractivity contribution in [1.82, 2.24) is 0 Å². The van der Waals surface area contributed by atoms with Crippen molar-refractivity contribution in [3.05, 3.63) is 100 Å². The Bertz CT molecular complexity index is 1020. The standard InChI is InChI=1S/C22H18N2O4/c1-15-10-12-17(13-11-15)23-20(16-6-5-7-18(14-16)24(26)27)21(22(23)25)28-19-8-3-2-4-9-19/h2-14,20-21H,1H3. The first-order chi connectivity index (χ1) is 13.5. The highest BCUT2D eigenvalue weighted by Crippen LogP contribution is 2.42. The van der Waals surface area contributed by atoms with Crippen LogP contribution in [0.4, 0.5) is 11.4 Å². The van der Waals surface area contributed by atoms with Crippen LogP contribution in [0.1, 0.15) is 17.2 Å². The van der Waals surface area contributed by atoms with E-state index in [-0.39, 0.29) is 11.6 Å². The van der Waals surface area contributed by atoms with Crippen LogP contribution in [0.5, 0.6) is 5.75 Å². The van der Waals surface area contributed by atoms with Gasteiger partial charge in [0, 0.05) is 17.8 Å². The largest absolute Gasteiger partial charge is 0.478 e. The molecule has 1 fully saturated rings. The molecule has 1 heterocycles. The summed E-state index contributed by atoms with van der Waals surface area (Å²) < 4.78 is 5.94. The smallest absolute Gasteiger partial charge is 0.271 e. The van der Waals surface area contributed by atoms with Crippen molar-refractivity contribution in [2.45, 2.75) is 19.1 Å². The Morgan fingerprint density at radius 3 is 2.36 bits per heavy atom. The molecular weight excluding hydrogens is 356 g/mol. The molecule has 0 spiro atoms. The zero-order valence-corrected chi connectivity index (χ0v) is 15.2. The molecule has 4 rings (SSSR count). The molecule has 140 valence electrons. The second-order valence-corrected chi connectivity index (χ2v) is 6.69. The van der Waals surface area contributed by atoms with Crippen LogP contribution >= 0.6 is 0 Å². The molecule has 28 heavy (non-hydrogen) atoms. The number of ether oxygens (including phenoxy) is 1. The third kappa shape index (κ3) is 3.20. The van der Waals surface area contributed by atoms with Gasteiger partial charge < -0.3 is 4.74 Å². The van der Waals surface area contributed by atoms with Gasteiger partial charge in [-0.15, -0.1) is 0 Å². The van der Waals surface area contributed by atoms with Gasteiger partial charge in [0.05, 0.1) is 4.92 Å². The Morgan fingerprint density at radius 1 is 0.964 bits per heavy atom. The summed E-state index contributed by atoms with van der Waals surface area (Å²) in [7, 11) is 0. The number of anilines is 1. The van der Waals surface area contributed by atoms with E-state index in [1.54, 1.807) is 29.2 Å². The summed E-state index contributed by atoms with van der Waals surface area (Å²) >= 11 is 0. The van der Waals surface area contributed by atoms with Gasteiger partial charge in [-0.1, -0.05) is 48.0 Å². The molecule has 1 aliphatic heterocycles. The summed E-state index contributed by atoms with van der Waals surface area (Å²) in [6, 6.07) is 22.6. The molecule has 1 saturated heterocycles. The third-order valence-corrected chi connectivity index (χ3v) is 4.79. The lowest BCUT2D eigenvalue weighted by atomic mass is 9.89. The van der Waals surface area contributed by atoms with E-state index in [0.29, 0.717) is 11.3 Å². The number of benzene rings is 3. The fraction of sp³-hybridized carbons (Fsp3) is 0.136. The first-order valence-corrected chi connectivity index (χ1v) is 8.90. The zero-order chi connectivity index (χ0) is 19.7. The average Bonchev–Trinajstić information content (AvgIpc) is 2.72. The summed E-state index contributed by atoms with van der Waals surface area (Å²) in [6.45, 7) is 1.97. The van der Waals surface area contributed by atoms with Crippen LogP contribution in [0.3, 0.4) is 0 Å². The van der Waals surface area contributed by atoms with Gasteiger partial charge in [0.2, 0.25) is 6.10 Å².